The van der Waals surface area contributed by atoms with E-state index in [0.717, 1.165) is 24.1 Å². The fraction of sp³-hybridized carbons (Fsp3) is 0.375. The standard InChI is InChI=1S/C16H24N2/c1-5-12(3)13(4)16(6-2)18-15-9-7-8-14(10-15)11-17/h7-10,18H,3,5-6,11,17H2,1-2,4H3/b16-13+. The Morgan fingerprint density at radius 3 is 2.56 bits per heavy atom. The Hall–Kier alpha value is -1.54. The molecule has 98 valence electrons. The van der Waals surface area contributed by atoms with Crippen molar-refractivity contribution in [3.8, 4) is 0 Å². The maximum absolute atomic E-state index is 5.66. The Morgan fingerprint density at radius 2 is 2.00 bits per heavy atom. The van der Waals surface area contributed by atoms with Gasteiger partial charge < -0.3 is 11.1 Å². The van der Waals surface area contributed by atoms with E-state index in [0.29, 0.717) is 6.54 Å². The van der Waals surface area contributed by atoms with Crippen molar-refractivity contribution in [1.82, 2.24) is 0 Å². The maximum Gasteiger partial charge on any atom is 0.0385 e. The quantitative estimate of drug-likeness (QED) is 0.736. The summed E-state index contributed by atoms with van der Waals surface area (Å²) >= 11 is 0. The van der Waals surface area contributed by atoms with Gasteiger partial charge in [-0.05, 0) is 43.0 Å². The van der Waals surface area contributed by atoms with Gasteiger partial charge in [-0.25, -0.2) is 0 Å². The van der Waals surface area contributed by atoms with Gasteiger partial charge in [0.05, 0.1) is 0 Å². The van der Waals surface area contributed by atoms with Crippen LogP contribution in [0.15, 0.2) is 47.7 Å². The van der Waals surface area contributed by atoms with Gasteiger partial charge in [-0.1, -0.05) is 38.1 Å². The molecule has 0 aromatic heterocycles. The van der Waals surface area contributed by atoms with Crippen LogP contribution >= 0.6 is 0 Å². The van der Waals surface area contributed by atoms with E-state index in [1.807, 2.05) is 12.1 Å². The molecule has 0 fully saturated rings. The van der Waals surface area contributed by atoms with E-state index in [2.05, 4.69) is 44.8 Å². The van der Waals surface area contributed by atoms with Gasteiger partial charge in [0.1, 0.15) is 0 Å². The first-order valence-corrected chi connectivity index (χ1v) is 6.56. The monoisotopic (exact) mass is 244 g/mol. The molecule has 0 amide bonds. The lowest BCUT2D eigenvalue weighted by molar-refractivity contribution is 1.02. The van der Waals surface area contributed by atoms with Gasteiger partial charge in [-0.3, -0.25) is 0 Å². The van der Waals surface area contributed by atoms with Crippen LogP contribution in [-0.2, 0) is 6.54 Å². The molecule has 0 spiro atoms. The van der Waals surface area contributed by atoms with Gasteiger partial charge in [-0.15, -0.1) is 0 Å². The first kappa shape index (κ1) is 14.5. The van der Waals surface area contributed by atoms with E-state index in [1.165, 1.54) is 16.8 Å². The lowest BCUT2D eigenvalue weighted by atomic mass is 10.0. The molecular weight excluding hydrogens is 220 g/mol. The van der Waals surface area contributed by atoms with Crippen LogP contribution in [0.4, 0.5) is 5.69 Å². The van der Waals surface area contributed by atoms with Crippen molar-refractivity contribution in [1.29, 1.82) is 0 Å². The van der Waals surface area contributed by atoms with E-state index in [-0.39, 0.29) is 0 Å². The summed E-state index contributed by atoms with van der Waals surface area (Å²) < 4.78 is 0. The average molecular weight is 244 g/mol. The first-order chi connectivity index (χ1) is 8.62. The van der Waals surface area contributed by atoms with Crippen LogP contribution in [0.3, 0.4) is 0 Å². The molecule has 1 aromatic carbocycles. The second-order valence-corrected chi connectivity index (χ2v) is 4.44. The zero-order chi connectivity index (χ0) is 13.5. The zero-order valence-corrected chi connectivity index (χ0v) is 11.7. The van der Waals surface area contributed by atoms with Gasteiger partial charge in [0.2, 0.25) is 0 Å². The maximum atomic E-state index is 5.66. The Labute approximate surface area is 111 Å². The van der Waals surface area contributed by atoms with Crippen LogP contribution in [0.2, 0.25) is 0 Å². The van der Waals surface area contributed by atoms with Crippen molar-refractivity contribution < 1.29 is 0 Å². The molecule has 18 heavy (non-hydrogen) atoms. The molecule has 0 radical (unpaired) electrons. The number of rotatable bonds is 6. The predicted molar refractivity (Wildman–Crippen MR) is 80.4 cm³/mol. The number of anilines is 1. The van der Waals surface area contributed by atoms with Crippen molar-refractivity contribution in [2.24, 2.45) is 5.73 Å². The summed E-state index contributed by atoms with van der Waals surface area (Å²) in [6, 6.07) is 8.23. The summed E-state index contributed by atoms with van der Waals surface area (Å²) in [7, 11) is 0. The molecule has 0 atom stereocenters. The van der Waals surface area contributed by atoms with E-state index in [1.54, 1.807) is 0 Å². The lowest BCUT2D eigenvalue weighted by Gasteiger charge is -2.15. The first-order valence-electron chi connectivity index (χ1n) is 6.56. The van der Waals surface area contributed by atoms with Crippen LogP contribution in [0.25, 0.3) is 0 Å². The molecule has 0 unspecified atom stereocenters. The van der Waals surface area contributed by atoms with Crippen molar-refractivity contribution in [2.45, 2.75) is 40.2 Å². The third-order valence-corrected chi connectivity index (χ3v) is 3.22. The largest absolute Gasteiger partial charge is 0.359 e. The Bertz CT molecular complexity index is 444. The molecular formula is C16H24N2. The van der Waals surface area contributed by atoms with Gasteiger partial charge in [0.15, 0.2) is 0 Å². The van der Waals surface area contributed by atoms with Crippen LogP contribution < -0.4 is 11.1 Å². The van der Waals surface area contributed by atoms with Gasteiger partial charge in [-0.2, -0.15) is 0 Å². The summed E-state index contributed by atoms with van der Waals surface area (Å²) in [5.74, 6) is 0. The van der Waals surface area contributed by atoms with E-state index >= 15 is 0 Å². The van der Waals surface area contributed by atoms with Crippen LogP contribution in [-0.4, -0.2) is 0 Å². The van der Waals surface area contributed by atoms with Gasteiger partial charge in [0, 0.05) is 17.9 Å². The Morgan fingerprint density at radius 1 is 1.28 bits per heavy atom. The highest BCUT2D eigenvalue weighted by Crippen LogP contribution is 2.21. The average Bonchev–Trinajstić information content (AvgIpc) is 2.43. The molecule has 2 heteroatoms. The predicted octanol–water partition coefficient (Wildman–Crippen LogP) is 4.21. The summed E-state index contributed by atoms with van der Waals surface area (Å²) in [5.41, 5.74) is 11.6. The fourth-order valence-corrected chi connectivity index (χ4v) is 1.88. The molecule has 0 saturated heterocycles. The van der Waals surface area contributed by atoms with Crippen LogP contribution in [0.1, 0.15) is 39.2 Å². The van der Waals surface area contributed by atoms with Crippen LogP contribution in [0.5, 0.6) is 0 Å². The molecule has 0 aliphatic rings. The lowest BCUT2D eigenvalue weighted by Crippen LogP contribution is -2.04. The second kappa shape index (κ2) is 7.02. The highest BCUT2D eigenvalue weighted by atomic mass is 14.9. The number of nitrogens with one attached hydrogen (secondary N) is 1. The van der Waals surface area contributed by atoms with Crippen molar-refractivity contribution in [2.75, 3.05) is 5.32 Å². The van der Waals surface area contributed by atoms with E-state index < -0.39 is 0 Å². The molecule has 2 nitrogen and oxygen atoms in total. The van der Waals surface area contributed by atoms with Crippen molar-refractivity contribution in [3.63, 3.8) is 0 Å². The molecule has 0 bridgehead atoms. The number of hydrogen-bond donors (Lipinski definition) is 2. The molecule has 0 aliphatic carbocycles. The minimum absolute atomic E-state index is 0.571. The highest BCUT2D eigenvalue weighted by molar-refractivity contribution is 5.52. The molecule has 1 aromatic rings. The van der Waals surface area contributed by atoms with E-state index in [4.69, 9.17) is 5.73 Å². The van der Waals surface area contributed by atoms with Crippen LogP contribution in [0, 0.1) is 0 Å². The van der Waals surface area contributed by atoms with Gasteiger partial charge in [0.25, 0.3) is 0 Å². The minimum atomic E-state index is 0.571. The summed E-state index contributed by atoms with van der Waals surface area (Å²) in [6.07, 6.45) is 1.96. The number of benzene rings is 1. The highest BCUT2D eigenvalue weighted by Gasteiger charge is 2.04. The third kappa shape index (κ3) is 3.74. The summed E-state index contributed by atoms with van der Waals surface area (Å²) in [4.78, 5) is 0. The molecule has 3 N–H and O–H groups in total. The van der Waals surface area contributed by atoms with Gasteiger partial charge >= 0.3 is 0 Å². The number of nitrogens with two attached hydrogens (primary N) is 1. The van der Waals surface area contributed by atoms with Crippen molar-refractivity contribution >= 4 is 5.69 Å². The summed E-state index contributed by atoms with van der Waals surface area (Å²) in [6.45, 7) is 11.1. The molecule has 1 rings (SSSR count). The third-order valence-electron chi connectivity index (χ3n) is 3.22. The fourth-order valence-electron chi connectivity index (χ4n) is 1.88. The SMILES string of the molecule is C=C(CC)/C(C)=C(\CC)Nc1cccc(CN)c1. The Balaban J connectivity index is 2.95. The molecule has 0 heterocycles. The second-order valence-electron chi connectivity index (χ2n) is 4.44. The normalized spacial score (nSPS) is 12.0. The molecule has 0 aliphatic heterocycles. The molecule has 0 saturated carbocycles. The number of hydrogen-bond acceptors (Lipinski definition) is 2. The smallest absolute Gasteiger partial charge is 0.0385 e. The summed E-state index contributed by atoms with van der Waals surface area (Å²) in [5, 5.41) is 3.48. The number of allylic oxidation sites excluding steroid dienone is 3. The Kier molecular flexibility index (Phi) is 5.66. The van der Waals surface area contributed by atoms with E-state index in [9.17, 15) is 0 Å². The zero-order valence-electron chi connectivity index (χ0n) is 11.7. The minimum Gasteiger partial charge on any atom is -0.359 e. The topological polar surface area (TPSA) is 38.0 Å². The van der Waals surface area contributed by atoms with Crippen molar-refractivity contribution in [3.05, 3.63) is 53.3 Å².